The van der Waals surface area contributed by atoms with Gasteiger partial charge in [-0.05, 0) is 37.3 Å². The first-order chi connectivity index (χ1) is 9.25. The summed E-state index contributed by atoms with van der Waals surface area (Å²) in [6.45, 7) is 2.99. The van der Waals surface area contributed by atoms with Crippen LogP contribution in [-0.4, -0.2) is 23.5 Å². The van der Waals surface area contributed by atoms with Crippen molar-refractivity contribution in [3.63, 3.8) is 0 Å². The average Bonchev–Trinajstić information content (AvgIpc) is 2.74. The first-order valence-corrected chi connectivity index (χ1v) is 7.04. The smallest absolute Gasteiger partial charge is 0.336 e. The highest BCUT2D eigenvalue weighted by Gasteiger charge is 2.42. The van der Waals surface area contributed by atoms with Gasteiger partial charge in [-0.15, -0.1) is 0 Å². The topological polar surface area (TPSA) is 29.5 Å². The fourth-order valence-electron chi connectivity index (χ4n) is 3.81. The molecule has 0 fully saturated rings. The van der Waals surface area contributed by atoms with Crippen LogP contribution in [0.2, 0.25) is 0 Å². The lowest BCUT2D eigenvalue weighted by Gasteiger charge is -2.43. The van der Waals surface area contributed by atoms with Crippen LogP contribution in [-0.2, 0) is 16.0 Å². The van der Waals surface area contributed by atoms with E-state index in [2.05, 4.69) is 29.2 Å². The summed E-state index contributed by atoms with van der Waals surface area (Å²) in [5.74, 6) is -0.0974. The van der Waals surface area contributed by atoms with Crippen LogP contribution in [0.15, 0.2) is 35.5 Å². The van der Waals surface area contributed by atoms with Crippen LogP contribution in [0.4, 0.5) is 0 Å². The van der Waals surface area contributed by atoms with E-state index >= 15 is 0 Å². The number of hydrogen-bond acceptors (Lipinski definition) is 3. The molecule has 19 heavy (non-hydrogen) atoms. The zero-order valence-corrected chi connectivity index (χ0v) is 11.1. The Balaban J connectivity index is 1.80. The maximum absolute atomic E-state index is 11.8. The number of benzene rings is 1. The van der Waals surface area contributed by atoms with E-state index in [1.54, 1.807) is 0 Å². The normalized spacial score (nSPS) is 28.7. The number of esters is 1. The van der Waals surface area contributed by atoms with Gasteiger partial charge in [-0.25, -0.2) is 4.79 Å². The van der Waals surface area contributed by atoms with E-state index in [0.717, 1.165) is 37.1 Å². The fourth-order valence-corrected chi connectivity index (χ4v) is 3.81. The van der Waals surface area contributed by atoms with Gasteiger partial charge in [0, 0.05) is 6.54 Å². The number of rotatable bonds is 0. The van der Waals surface area contributed by atoms with E-state index in [1.807, 2.05) is 6.92 Å². The Morgan fingerprint density at radius 2 is 2.11 bits per heavy atom. The predicted octanol–water partition coefficient (Wildman–Crippen LogP) is 2.58. The van der Waals surface area contributed by atoms with E-state index in [4.69, 9.17) is 4.74 Å². The third-order valence-corrected chi connectivity index (χ3v) is 4.61. The first-order valence-electron chi connectivity index (χ1n) is 7.04. The monoisotopic (exact) mass is 255 g/mol. The van der Waals surface area contributed by atoms with Crippen LogP contribution < -0.4 is 0 Å². The molecule has 3 heteroatoms. The molecule has 0 aliphatic carbocycles. The second kappa shape index (κ2) is 3.86. The fraction of sp³-hybridized carbons (Fsp3) is 0.438. The van der Waals surface area contributed by atoms with Crippen molar-refractivity contribution in [1.82, 2.24) is 4.90 Å². The molecule has 3 aliphatic rings. The van der Waals surface area contributed by atoms with Crippen molar-refractivity contribution >= 4 is 5.97 Å². The molecule has 3 heterocycles. The minimum absolute atomic E-state index is 0.0736. The minimum atomic E-state index is -0.0974. The lowest BCUT2D eigenvalue weighted by Crippen LogP contribution is -2.39. The number of carbonyl (C=O) groups is 1. The molecule has 2 atom stereocenters. The summed E-state index contributed by atoms with van der Waals surface area (Å²) in [6.07, 6.45) is 2.87. The Hall–Kier alpha value is -1.77. The Morgan fingerprint density at radius 3 is 3.00 bits per heavy atom. The Morgan fingerprint density at radius 1 is 1.26 bits per heavy atom. The van der Waals surface area contributed by atoms with Gasteiger partial charge in [-0.3, -0.25) is 0 Å². The average molecular weight is 255 g/mol. The van der Waals surface area contributed by atoms with Crippen molar-refractivity contribution in [2.75, 3.05) is 6.54 Å². The van der Waals surface area contributed by atoms with Crippen molar-refractivity contribution < 1.29 is 9.53 Å². The number of ether oxygens (including phenoxy) is 1. The molecule has 0 aromatic heterocycles. The van der Waals surface area contributed by atoms with Crippen LogP contribution in [0.3, 0.4) is 0 Å². The lowest BCUT2D eigenvalue weighted by atomic mass is 9.85. The molecule has 0 bridgehead atoms. The van der Waals surface area contributed by atoms with Gasteiger partial charge in [0.15, 0.2) is 0 Å². The van der Waals surface area contributed by atoms with E-state index in [1.165, 1.54) is 11.1 Å². The standard InChI is InChI=1S/C16H17NO2/c1-10-15-13(16(18)19-10)6-7-14-12-5-3-2-4-11(12)8-9-17(14)15/h2-5,10,14H,6-9H2,1H3/t10?,14-/m1/s1. The molecule has 1 aromatic carbocycles. The third-order valence-electron chi connectivity index (χ3n) is 4.61. The van der Waals surface area contributed by atoms with Gasteiger partial charge in [0.05, 0.1) is 17.3 Å². The number of fused-ring (bicyclic) bond motifs is 4. The maximum Gasteiger partial charge on any atom is 0.336 e. The zero-order chi connectivity index (χ0) is 13.0. The number of nitrogens with zero attached hydrogens (tertiary/aromatic N) is 1. The van der Waals surface area contributed by atoms with Crippen LogP contribution in [0.25, 0.3) is 0 Å². The summed E-state index contributed by atoms with van der Waals surface area (Å²) >= 11 is 0. The van der Waals surface area contributed by atoms with Crippen LogP contribution >= 0.6 is 0 Å². The highest BCUT2D eigenvalue weighted by molar-refractivity contribution is 5.92. The molecule has 3 aliphatic heterocycles. The molecule has 0 radical (unpaired) electrons. The van der Waals surface area contributed by atoms with E-state index in [0.29, 0.717) is 6.04 Å². The van der Waals surface area contributed by atoms with Crippen LogP contribution in [0.1, 0.15) is 36.9 Å². The van der Waals surface area contributed by atoms with Crippen LogP contribution in [0.5, 0.6) is 0 Å². The van der Waals surface area contributed by atoms with Gasteiger partial charge >= 0.3 is 5.97 Å². The van der Waals surface area contributed by atoms with Gasteiger partial charge in [0.25, 0.3) is 0 Å². The maximum atomic E-state index is 11.8. The van der Waals surface area contributed by atoms with Crippen LogP contribution in [0, 0.1) is 0 Å². The van der Waals surface area contributed by atoms with Crippen molar-refractivity contribution in [3.8, 4) is 0 Å². The highest BCUT2D eigenvalue weighted by Crippen LogP contribution is 2.44. The second-order valence-electron chi connectivity index (χ2n) is 5.61. The Kier molecular flexibility index (Phi) is 2.25. The molecule has 0 spiro atoms. The molecule has 3 nitrogen and oxygen atoms in total. The van der Waals surface area contributed by atoms with Gasteiger partial charge in [-0.2, -0.15) is 0 Å². The van der Waals surface area contributed by atoms with Crippen molar-refractivity contribution in [2.24, 2.45) is 0 Å². The predicted molar refractivity (Wildman–Crippen MR) is 71.4 cm³/mol. The molecule has 98 valence electrons. The van der Waals surface area contributed by atoms with Gasteiger partial charge < -0.3 is 9.64 Å². The first kappa shape index (κ1) is 11.1. The number of carbonyl (C=O) groups excluding carboxylic acids is 1. The van der Waals surface area contributed by atoms with Gasteiger partial charge in [-0.1, -0.05) is 24.3 Å². The molecule has 0 saturated carbocycles. The Bertz CT molecular complexity index is 590. The Labute approximate surface area is 112 Å². The minimum Gasteiger partial charge on any atom is -0.453 e. The lowest BCUT2D eigenvalue weighted by molar-refractivity contribution is -0.139. The van der Waals surface area contributed by atoms with E-state index in [9.17, 15) is 4.79 Å². The number of cyclic esters (lactones) is 1. The molecule has 0 saturated heterocycles. The number of hydrogen-bond donors (Lipinski definition) is 0. The molecule has 0 N–H and O–H groups in total. The molecule has 0 amide bonds. The van der Waals surface area contributed by atoms with E-state index in [-0.39, 0.29) is 12.1 Å². The summed E-state index contributed by atoms with van der Waals surface area (Å²) in [7, 11) is 0. The summed E-state index contributed by atoms with van der Waals surface area (Å²) in [5, 5.41) is 0. The quantitative estimate of drug-likeness (QED) is 0.667. The van der Waals surface area contributed by atoms with Crippen molar-refractivity contribution in [3.05, 3.63) is 46.7 Å². The zero-order valence-electron chi connectivity index (χ0n) is 11.1. The summed E-state index contributed by atoms with van der Waals surface area (Å²) in [5.41, 5.74) is 4.97. The molecule has 4 rings (SSSR count). The summed E-state index contributed by atoms with van der Waals surface area (Å²) in [4.78, 5) is 14.2. The van der Waals surface area contributed by atoms with Gasteiger partial charge in [0.2, 0.25) is 0 Å². The van der Waals surface area contributed by atoms with Crippen molar-refractivity contribution in [2.45, 2.75) is 38.3 Å². The molecule has 1 unspecified atom stereocenters. The molecular weight excluding hydrogens is 238 g/mol. The van der Waals surface area contributed by atoms with Crippen molar-refractivity contribution in [1.29, 1.82) is 0 Å². The second-order valence-corrected chi connectivity index (χ2v) is 5.61. The largest absolute Gasteiger partial charge is 0.453 e. The third kappa shape index (κ3) is 1.47. The summed E-state index contributed by atoms with van der Waals surface area (Å²) < 4.78 is 5.39. The molecular formula is C16H17NO2. The molecule has 1 aromatic rings. The highest BCUT2D eigenvalue weighted by atomic mass is 16.5. The van der Waals surface area contributed by atoms with E-state index < -0.39 is 0 Å². The SMILES string of the molecule is CC1OC(=O)C2=C1N1CCc3ccccc3[C@H]1CC2. The summed E-state index contributed by atoms with van der Waals surface area (Å²) in [6, 6.07) is 9.13. The van der Waals surface area contributed by atoms with Gasteiger partial charge in [0.1, 0.15) is 6.10 Å².